The van der Waals surface area contributed by atoms with Gasteiger partial charge in [0.15, 0.2) is 0 Å². The van der Waals surface area contributed by atoms with Crippen LogP contribution in [-0.4, -0.2) is 11.1 Å². The molecule has 0 fully saturated rings. The van der Waals surface area contributed by atoms with Crippen LogP contribution in [0.1, 0.15) is 0 Å². The molecule has 1 aliphatic rings. The fraction of sp³-hybridized carbons (Fsp3) is 0.0204. The molecule has 0 amide bonds. The highest BCUT2D eigenvalue weighted by Crippen LogP contribution is 2.39. The van der Waals surface area contributed by atoms with Crippen molar-refractivity contribution in [3.63, 3.8) is 0 Å². The minimum Gasteiger partial charge on any atom is -0.385 e. The van der Waals surface area contributed by atoms with Gasteiger partial charge in [0, 0.05) is 5.70 Å². The highest BCUT2D eigenvalue weighted by atomic mass is 15.0. The Balaban J connectivity index is 1.06. The van der Waals surface area contributed by atoms with Crippen LogP contribution in [0, 0.1) is 0 Å². The second kappa shape index (κ2) is 12.0. The van der Waals surface area contributed by atoms with Gasteiger partial charge in [0.25, 0.3) is 0 Å². The summed E-state index contributed by atoms with van der Waals surface area (Å²) in [7, 11) is 0. The number of fused-ring (bicyclic) bond motifs is 6. The monoisotopic (exact) mass is 650 g/mol. The smallest absolute Gasteiger partial charge is 0.0551 e. The predicted molar refractivity (Wildman–Crippen MR) is 218 cm³/mol. The molecule has 1 aromatic heterocycles. The van der Waals surface area contributed by atoms with Crippen LogP contribution in [0.15, 0.2) is 188 Å². The summed E-state index contributed by atoms with van der Waals surface area (Å²) < 4.78 is 2.41. The number of dihydropyridines is 1. The van der Waals surface area contributed by atoms with Crippen LogP contribution in [0.25, 0.3) is 93.6 Å². The lowest BCUT2D eigenvalue weighted by Crippen LogP contribution is -2.17. The normalized spacial score (nSPS) is 12.8. The Morgan fingerprint density at radius 1 is 0.392 bits per heavy atom. The third-order valence-corrected chi connectivity index (χ3v) is 10.5. The summed E-state index contributed by atoms with van der Waals surface area (Å²) in [6.45, 7) is 0.757. The number of nitrogens with one attached hydrogen (secondary N) is 1. The van der Waals surface area contributed by atoms with Gasteiger partial charge in [0.05, 0.1) is 17.9 Å². The van der Waals surface area contributed by atoms with Gasteiger partial charge in [-0.15, -0.1) is 0 Å². The first kappa shape index (κ1) is 29.3. The van der Waals surface area contributed by atoms with Crippen LogP contribution in [0.5, 0.6) is 0 Å². The SMILES string of the molecule is C1=CNCC(n2c(-c3ccc(-c4cc5ccccc5c5ccccc45)cc3)ccc2-c2ccc(-c3cc4ccccc4c4ccccc34)cc2)=C1. The van der Waals surface area contributed by atoms with Gasteiger partial charge in [0.2, 0.25) is 0 Å². The summed E-state index contributed by atoms with van der Waals surface area (Å²) >= 11 is 0. The third kappa shape index (κ3) is 4.95. The van der Waals surface area contributed by atoms with Crippen LogP contribution < -0.4 is 5.32 Å². The first-order valence-corrected chi connectivity index (χ1v) is 17.6. The molecule has 2 nitrogen and oxygen atoms in total. The van der Waals surface area contributed by atoms with E-state index in [1.807, 2.05) is 6.20 Å². The van der Waals surface area contributed by atoms with Crippen molar-refractivity contribution in [2.24, 2.45) is 0 Å². The van der Waals surface area contributed by atoms with Gasteiger partial charge in [0.1, 0.15) is 0 Å². The number of hydrogen-bond donors (Lipinski definition) is 1. The second-order valence-electron chi connectivity index (χ2n) is 13.4. The topological polar surface area (TPSA) is 17.0 Å². The number of hydrogen-bond acceptors (Lipinski definition) is 1. The maximum absolute atomic E-state index is 3.44. The molecule has 240 valence electrons. The standard InChI is InChI=1S/C49H34N2/c1-3-13-40-37(10-1)30-46(44-17-7-5-15-42(40)44)33-19-23-35(24-20-33)48-27-28-49(51(48)39-12-9-29-50-32-39)36-25-21-34(22-26-36)47-31-38-11-2-4-14-41(38)43-16-6-8-18-45(43)47/h1-31,50H,32H2. The highest BCUT2D eigenvalue weighted by Gasteiger charge is 2.17. The van der Waals surface area contributed by atoms with E-state index in [0.29, 0.717) is 0 Å². The molecular formula is C49H34N2. The minimum atomic E-state index is 0.757. The van der Waals surface area contributed by atoms with Crippen LogP contribution in [-0.2, 0) is 0 Å². The summed E-state index contributed by atoms with van der Waals surface area (Å²) in [5, 5.41) is 13.7. The average molecular weight is 651 g/mol. The molecule has 2 heteroatoms. The fourth-order valence-electron chi connectivity index (χ4n) is 8.03. The largest absolute Gasteiger partial charge is 0.385 e. The Morgan fingerprint density at radius 2 is 0.804 bits per heavy atom. The van der Waals surface area contributed by atoms with E-state index in [9.17, 15) is 0 Å². The van der Waals surface area contributed by atoms with Crippen LogP contribution >= 0.6 is 0 Å². The zero-order valence-electron chi connectivity index (χ0n) is 28.1. The van der Waals surface area contributed by atoms with Crippen LogP contribution in [0.4, 0.5) is 0 Å². The summed E-state index contributed by atoms with van der Waals surface area (Å²) in [6.07, 6.45) is 6.32. The van der Waals surface area contributed by atoms with Crippen molar-refractivity contribution < 1.29 is 0 Å². The first-order chi connectivity index (χ1) is 25.3. The molecule has 8 aromatic carbocycles. The number of rotatable bonds is 5. The van der Waals surface area contributed by atoms with E-state index in [2.05, 4.69) is 192 Å². The zero-order chi connectivity index (χ0) is 33.7. The van der Waals surface area contributed by atoms with Crippen molar-refractivity contribution in [1.29, 1.82) is 0 Å². The number of allylic oxidation sites excluding steroid dienone is 2. The lowest BCUT2D eigenvalue weighted by Gasteiger charge is -2.20. The molecule has 10 rings (SSSR count). The Kier molecular flexibility index (Phi) is 6.92. The third-order valence-electron chi connectivity index (χ3n) is 10.5. The molecule has 2 heterocycles. The van der Waals surface area contributed by atoms with Gasteiger partial charge >= 0.3 is 0 Å². The van der Waals surface area contributed by atoms with E-state index in [1.165, 1.54) is 93.6 Å². The van der Waals surface area contributed by atoms with Crippen LogP contribution in [0.3, 0.4) is 0 Å². The lowest BCUT2D eigenvalue weighted by atomic mass is 9.93. The number of benzene rings is 8. The minimum absolute atomic E-state index is 0.757. The van der Waals surface area contributed by atoms with Crippen molar-refractivity contribution in [3.8, 4) is 44.8 Å². The van der Waals surface area contributed by atoms with E-state index in [1.54, 1.807) is 0 Å². The molecule has 9 aromatic rings. The maximum Gasteiger partial charge on any atom is 0.0551 e. The molecule has 0 spiro atoms. The van der Waals surface area contributed by atoms with E-state index >= 15 is 0 Å². The molecule has 1 aliphatic heterocycles. The van der Waals surface area contributed by atoms with Crippen LogP contribution in [0.2, 0.25) is 0 Å². The number of aromatic nitrogens is 1. The van der Waals surface area contributed by atoms with E-state index in [0.717, 1.165) is 6.54 Å². The molecule has 0 radical (unpaired) electrons. The fourth-order valence-corrected chi connectivity index (χ4v) is 8.03. The van der Waals surface area contributed by atoms with Crippen molar-refractivity contribution in [2.45, 2.75) is 0 Å². The molecule has 51 heavy (non-hydrogen) atoms. The Hall–Kier alpha value is -6.64. The maximum atomic E-state index is 3.44. The molecule has 0 bridgehead atoms. The second-order valence-corrected chi connectivity index (χ2v) is 13.4. The quantitative estimate of drug-likeness (QED) is 0.183. The lowest BCUT2D eigenvalue weighted by molar-refractivity contribution is 0.923. The van der Waals surface area contributed by atoms with Crippen molar-refractivity contribution in [2.75, 3.05) is 6.54 Å². The number of nitrogens with zero attached hydrogens (tertiary/aromatic N) is 1. The average Bonchev–Trinajstić information content (AvgIpc) is 3.66. The predicted octanol–water partition coefficient (Wildman–Crippen LogP) is 12.7. The van der Waals surface area contributed by atoms with E-state index in [4.69, 9.17) is 0 Å². The van der Waals surface area contributed by atoms with Gasteiger partial charge in [-0.3, -0.25) is 0 Å². The molecule has 0 aliphatic carbocycles. The summed E-state index contributed by atoms with van der Waals surface area (Å²) in [6, 6.07) is 62.3. The summed E-state index contributed by atoms with van der Waals surface area (Å²) in [5.41, 5.74) is 10.9. The van der Waals surface area contributed by atoms with Gasteiger partial charge < -0.3 is 9.88 Å². The summed E-state index contributed by atoms with van der Waals surface area (Å²) in [4.78, 5) is 0. The van der Waals surface area contributed by atoms with Gasteiger partial charge in [-0.1, -0.05) is 146 Å². The molecule has 0 unspecified atom stereocenters. The van der Waals surface area contributed by atoms with Gasteiger partial charge in [-0.2, -0.15) is 0 Å². The zero-order valence-corrected chi connectivity index (χ0v) is 28.1. The van der Waals surface area contributed by atoms with Crippen molar-refractivity contribution >= 4 is 48.8 Å². The molecule has 0 saturated heterocycles. The molecular weight excluding hydrogens is 617 g/mol. The van der Waals surface area contributed by atoms with Crippen molar-refractivity contribution in [1.82, 2.24) is 9.88 Å². The Morgan fingerprint density at radius 3 is 1.25 bits per heavy atom. The molecule has 0 saturated carbocycles. The highest BCUT2D eigenvalue weighted by molar-refractivity contribution is 6.15. The van der Waals surface area contributed by atoms with E-state index in [-0.39, 0.29) is 0 Å². The van der Waals surface area contributed by atoms with Crippen molar-refractivity contribution in [3.05, 3.63) is 188 Å². The first-order valence-electron chi connectivity index (χ1n) is 17.6. The summed E-state index contributed by atoms with van der Waals surface area (Å²) in [5.74, 6) is 0. The molecule has 1 N–H and O–H groups in total. The van der Waals surface area contributed by atoms with Gasteiger partial charge in [-0.25, -0.2) is 0 Å². The molecule has 0 atom stereocenters. The van der Waals surface area contributed by atoms with Gasteiger partial charge in [-0.05, 0) is 119 Å². The Labute approximate surface area is 297 Å². The van der Waals surface area contributed by atoms with E-state index < -0.39 is 0 Å². The Bertz CT molecular complexity index is 2650.